The second kappa shape index (κ2) is 7.77. The molecule has 3 rings (SSSR count). The Labute approximate surface area is 133 Å². The van der Waals surface area contributed by atoms with Crippen LogP contribution in [-0.4, -0.2) is 19.0 Å². The molecule has 3 heteroatoms. The van der Waals surface area contributed by atoms with Crippen molar-refractivity contribution < 1.29 is 4.79 Å². The van der Waals surface area contributed by atoms with E-state index in [1.165, 1.54) is 37.7 Å². The first-order valence-corrected chi connectivity index (χ1v) is 8.89. The van der Waals surface area contributed by atoms with Crippen LogP contribution in [-0.2, 0) is 4.79 Å². The maximum absolute atomic E-state index is 12.5. The molecule has 1 saturated heterocycles. The molecular weight excluding hydrogens is 272 g/mol. The average Bonchev–Trinajstić information content (AvgIpc) is 3.11. The Morgan fingerprint density at radius 2 is 1.91 bits per heavy atom. The fraction of sp³-hybridized carbons (Fsp3) is 0.632. The number of hydrogen-bond donors (Lipinski definition) is 2. The third-order valence-corrected chi connectivity index (χ3v) is 5.24. The van der Waals surface area contributed by atoms with Crippen LogP contribution in [0.5, 0.6) is 0 Å². The van der Waals surface area contributed by atoms with Crippen molar-refractivity contribution in [2.24, 2.45) is 11.8 Å². The van der Waals surface area contributed by atoms with Crippen molar-refractivity contribution >= 4 is 5.91 Å². The maximum atomic E-state index is 12.5. The fourth-order valence-electron chi connectivity index (χ4n) is 3.89. The van der Waals surface area contributed by atoms with Gasteiger partial charge in [0, 0.05) is 6.54 Å². The largest absolute Gasteiger partial charge is 0.349 e. The summed E-state index contributed by atoms with van der Waals surface area (Å²) in [6.45, 7) is 1.80. The van der Waals surface area contributed by atoms with Gasteiger partial charge in [-0.15, -0.1) is 0 Å². The summed E-state index contributed by atoms with van der Waals surface area (Å²) in [6.07, 6.45) is 8.80. The standard InChI is InChI=1S/C19H28N2O/c22-19(17-11-12-20-14-17)21-18(16-9-5-2-6-10-16)13-15-7-3-1-4-8-15/h2,5-6,9-10,15,17-18,20H,1,3-4,7-8,11-14H2,(H,21,22). The molecule has 1 aromatic carbocycles. The van der Waals surface area contributed by atoms with E-state index in [2.05, 4.69) is 34.9 Å². The SMILES string of the molecule is O=C(NC(CC1CCCCC1)c1ccccc1)C1CCNC1. The summed E-state index contributed by atoms with van der Waals surface area (Å²) in [5.41, 5.74) is 1.26. The van der Waals surface area contributed by atoms with Gasteiger partial charge in [0.1, 0.15) is 0 Å². The molecule has 0 aromatic heterocycles. The topological polar surface area (TPSA) is 41.1 Å². The van der Waals surface area contributed by atoms with Gasteiger partial charge in [-0.2, -0.15) is 0 Å². The predicted molar refractivity (Wildman–Crippen MR) is 89.5 cm³/mol. The normalized spacial score (nSPS) is 24.1. The third-order valence-electron chi connectivity index (χ3n) is 5.24. The average molecular weight is 300 g/mol. The Bertz CT molecular complexity index is 462. The number of nitrogens with one attached hydrogen (secondary N) is 2. The highest BCUT2D eigenvalue weighted by Crippen LogP contribution is 2.32. The molecule has 0 spiro atoms. The van der Waals surface area contributed by atoms with E-state index in [4.69, 9.17) is 0 Å². The second-order valence-electron chi connectivity index (χ2n) is 6.90. The lowest BCUT2D eigenvalue weighted by Crippen LogP contribution is -2.36. The van der Waals surface area contributed by atoms with Gasteiger partial charge in [0.15, 0.2) is 0 Å². The lowest BCUT2D eigenvalue weighted by Gasteiger charge is -2.28. The zero-order chi connectivity index (χ0) is 15.2. The molecule has 1 aliphatic carbocycles. The minimum Gasteiger partial charge on any atom is -0.349 e. The molecule has 2 unspecified atom stereocenters. The Hall–Kier alpha value is -1.35. The third kappa shape index (κ3) is 4.10. The summed E-state index contributed by atoms with van der Waals surface area (Å²) >= 11 is 0. The molecule has 22 heavy (non-hydrogen) atoms. The van der Waals surface area contributed by atoms with Gasteiger partial charge in [-0.3, -0.25) is 4.79 Å². The van der Waals surface area contributed by atoms with Crippen LogP contribution in [0.25, 0.3) is 0 Å². The lowest BCUT2D eigenvalue weighted by molar-refractivity contribution is -0.125. The van der Waals surface area contributed by atoms with E-state index in [1.807, 2.05) is 6.07 Å². The van der Waals surface area contributed by atoms with Gasteiger partial charge in [-0.1, -0.05) is 62.4 Å². The molecule has 1 aromatic rings. The summed E-state index contributed by atoms with van der Waals surface area (Å²) in [4.78, 5) is 12.5. The summed E-state index contributed by atoms with van der Waals surface area (Å²) in [6, 6.07) is 10.7. The van der Waals surface area contributed by atoms with Gasteiger partial charge in [-0.25, -0.2) is 0 Å². The van der Waals surface area contributed by atoms with Crippen molar-refractivity contribution in [3.8, 4) is 0 Å². The molecule has 3 nitrogen and oxygen atoms in total. The molecule has 2 aliphatic rings. The maximum Gasteiger partial charge on any atom is 0.224 e. The first-order chi connectivity index (χ1) is 10.8. The number of carbonyl (C=O) groups is 1. The molecule has 1 aliphatic heterocycles. The van der Waals surface area contributed by atoms with E-state index in [9.17, 15) is 4.79 Å². The first kappa shape index (κ1) is 15.5. The van der Waals surface area contributed by atoms with E-state index >= 15 is 0 Å². The molecular formula is C19H28N2O. The van der Waals surface area contributed by atoms with Crippen molar-refractivity contribution in [1.29, 1.82) is 0 Å². The Balaban J connectivity index is 1.66. The number of amides is 1. The molecule has 1 saturated carbocycles. The number of carbonyl (C=O) groups excluding carboxylic acids is 1. The van der Waals surface area contributed by atoms with Crippen LogP contribution < -0.4 is 10.6 Å². The number of rotatable bonds is 5. The molecule has 2 N–H and O–H groups in total. The van der Waals surface area contributed by atoms with Crippen LogP contribution in [0.3, 0.4) is 0 Å². The van der Waals surface area contributed by atoms with Crippen molar-refractivity contribution in [3.05, 3.63) is 35.9 Å². The van der Waals surface area contributed by atoms with Gasteiger partial charge in [-0.05, 0) is 30.9 Å². The van der Waals surface area contributed by atoms with E-state index in [0.717, 1.165) is 31.8 Å². The van der Waals surface area contributed by atoms with Gasteiger partial charge < -0.3 is 10.6 Å². The van der Waals surface area contributed by atoms with Crippen molar-refractivity contribution in [2.75, 3.05) is 13.1 Å². The summed E-state index contributed by atoms with van der Waals surface area (Å²) in [5.74, 6) is 1.15. The van der Waals surface area contributed by atoms with Gasteiger partial charge in [0.2, 0.25) is 5.91 Å². The van der Waals surface area contributed by atoms with Crippen molar-refractivity contribution in [1.82, 2.24) is 10.6 Å². The van der Waals surface area contributed by atoms with Crippen LogP contribution in [0.2, 0.25) is 0 Å². The van der Waals surface area contributed by atoms with E-state index in [1.54, 1.807) is 0 Å². The minimum absolute atomic E-state index is 0.151. The van der Waals surface area contributed by atoms with E-state index < -0.39 is 0 Å². The van der Waals surface area contributed by atoms with Gasteiger partial charge in [0.05, 0.1) is 12.0 Å². The zero-order valence-electron chi connectivity index (χ0n) is 13.4. The summed E-state index contributed by atoms with van der Waals surface area (Å²) in [5, 5.41) is 6.63. The smallest absolute Gasteiger partial charge is 0.224 e. The van der Waals surface area contributed by atoms with E-state index in [-0.39, 0.29) is 17.9 Å². The molecule has 2 fully saturated rings. The molecule has 0 radical (unpaired) electrons. The van der Waals surface area contributed by atoms with Gasteiger partial charge in [0.25, 0.3) is 0 Å². The molecule has 1 heterocycles. The Morgan fingerprint density at radius 1 is 1.14 bits per heavy atom. The van der Waals surface area contributed by atoms with Crippen LogP contribution in [0.4, 0.5) is 0 Å². The molecule has 2 atom stereocenters. The lowest BCUT2D eigenvalue weighted by atomic mass is 9.83. The van der Waals surface area contributed by atoms with Crippen LogP contribution in [0.1, 0.15) is 56.6 Å². The molecule has 0 bridgehead atoms. The van der Waals surface area contributed by atoms with Crippen molar-refractivity contribution in [2.45, 2.75) is 51.0 Å². The number of benzene rings is 1. The second-order valence-corrected chi connectivity index (χ2v) is 6.90. The van der Waals surface area contributed by atoms with Crippen LogP contribution in [0, 0.1) is 11.8 Å². The van der Waals surface area contributed by atoms with Gasteiger partial charge >= 0.3 is 0 Å². The summed E-state index contributed by atoms with van der Waals surface area (Å²) in [7, 11) is 0. The molecule has 1 amide bonds. The number of hydrogen-bond acceptors (Lipinski definition) is 2. The van der Waals surface area contributed by atoms with Crippen LogP contribution >= 0.6 is 0 Å². The highest BCUT2D eigenvalue weighted by molar-refractivity contribution is 5.79. The minimum atomic E-state index is 0.151. The zero-order valence-corrected chi connectivity index (χ0v) is 13.4. The fourth-order valence-corrected chi connectivity index (χ4v) is 3.89. The van der Waals surface area contributed by atoms with Crippen molar-refractivity contribution in [3.63, 3.8) is 0 Å². The predicted octanol–water partition coefficient (Wildman–Crippen LogP) is 3.42. The van der Waals surface area contributed by atoms with Crippen LogP contribution in [0.15, 0.2) is 30.3 Å². The monoisotopic (exact) mass is 300 g/mol. The Kier molecular flexibility index (Phi) is 5.49. The highest BCUT2D eigenvalue weighted by Gasteiger charge is 2.27. The Morgan fingerprint density at radius 3 is 2.59 bits per heavy atom. The summed E-state index contributed by atoms with van der Waals surface area (Å²) < 4.78 is 0. The molecule has 120 valence electrons. The van der Waals surface area contributed by atoms with E-state index in [0.29, 0.717) is 0 Å². The first-order valence-electron chi connectivity index (χ1n) is 8.89. The quantitative estimate of drug-likeness (QED) is 0.875. The highest BCUT2D eigenvalue weighted by atomic mass is 16.2.